The summed E-state index contributed by atoms with van der Waals surface area (Å²) in [5, 5.41) is 14.8. The molecule has 0 unspecified atom stereocenters. The van der Waals surface area contributed by atoms with Gasteiger partial charge in [-0.1, -0.05) is 6.07 Å². The Bertz CT molecular complexity index is 432. The van der Waals surface area contributed by atoms with Gasteiger partial charge in [-0.25, -0.2) is 0 Å². The van der Waals surface area contributed by atoms with E-state index in [2.05, 4.69) is 41.7 Å². The molecule has 21 heavy (non-hydrogen) atoms. The molecule has 1 aliphatic carbocycles. The van der Waals surface area contributed by atoms with Crippen molar-refractivity contribution in [3.8, 4) is 0 Å². The number of nitrogens with one attached hydrogen (secondary N) is 1. The molecule has 4 nitrogen and oxygen atoms in total. The van der Waals surface area contributed by atoms with Gasteiger partial charge in [0, 0.05) is 30.4 Å². The maximum atomic E-state index is 9.36. The molecule has 6 heteroatoms. The van der Waals surface area contributed by atoms with Crippen LogP contribution in [-0.4, -0.2) is 49.3 Å². The lowest BCUT2D eigenvalue weighted by Crippen LogP contribution is -2.40. The molecule has 2 N–H and O–H groups in total. The van der Waals surface area contributed by atoms with Gasteiger partial charge < -0.3 is 15.3 Å². The predicted octanol–water partition coefficient (Wildman–Crippen LogP) is 2.58. The average Bonchev–Trinajstić information content (AvgIpc) is 3.06. The Labute approximate surface area is 148 Å². The smallest absolute Gasteiger partial charge is 0.193 e. The Hall–Kier alpha value is -0.340. The number of likely N-dealkylation sites (N-methyl/N-ethyl adjacent to an activating group) is 1. The number of rotatable bonds is 7. The zero-order valence-corrected chi connectivity index (χ0v) is 16.0. The van der Waals surface area contributed by atoms with E-state index in [1.54, 1.807) is 11.3 Å². The van der Waals surface area contributed by atoms with Crippen LogP contribution < -0.4 is 5.32 Å². The fourth-order valence-electron chi connectivity index (χ4n) is 2.09. The first-order chi connectivity index (χ1) is 9.69. The summed E-state index contributed by atoms with van der Waals surface area (Å²) in [6.45, 7) is 4.90. The van der Waals surface area contributed by atoms with Crippen LogP contribution in [-0.2, 0) is 6.42 Å². The van der Waals surface area contributed by atoms with Crippen molar-refractivity contribution >= 4 is 41.3 Å². The van der Waals surface area contributed by atoms with Crippen molar-refractivity contribution in [1.82, 2.24) is 10.2 Å². The van der Waals surface area contributed by atoms with E-state index in [0.29, 0.717) is 0 Å². The fraction of sp³-hybridized carbons (Fsp3) is 0.667. The van der Waals surface area contributed by atoms with Crippen molar-refractivity contribution in [3.63, 3.8) is 0 Å². The van der Waals surface area contributed by atoms with Gasteiger partial charge in [-0.2, -0.15) is 0 Å². The second-order valence-corrected chi connectivity index (χ2v) is 6.61. The highest BCUT2D eigenvalue weighted by atomic mass is 127. The highest BCUT2D eigenvalue weighted by Gasteiger charge is 2.41. The summed E-state index contributed by atoms with van der Waals surface area (Å²) in [5.74, 6) is 0.948. The molecule has 0 atom stereocenters. The number of hydrogen-bond acceptors (Lipinski definition) is 3. The van der Waals surface area contributed by atoms with Crippen LogP contribution in [0.15, 0.2) is 22.5 Å². The van der Waals surface area contributed by atoms with Crippen molar-refractivity contribution in [2.24, 2.45) is 10.4 Å². The van der Waals surface area contributed by atoms with Gasteiger partial charge in [-0.05, 0) is 37.6 Å². The molecule has 1 aromatic rings. The lowest BCUT2D eigenvalue weighted by Gasteiger charge is -2.22. The normalized spacial score (nSPS) is 16.2. The topological polar surface area (TPSA) is 47.9 Å². The SMILES string of the molecule is CCNC(=NCC1(CO)CC1)N(C)CCc1cccs1.I. The summed E-state index contributed by atoms with van der Waals surface area (Å²) in [4.78, 5) is 8.27. The molecule has 0 spiro atoms. The van der Waals surface area contributed by atoms with Gasteiger partial charge in [-0.15, -0.1) is 35.3 Å². The molecule has 0 aromatic carbocycles. The molecule has 1 aliphatic rings. The number of aliphatic imine (C=N–C) groups is 1. The lowest BCUT2D eigenvalue weighted by atomic mass is 10.1. The first-order valence-electron chi connectivity index (χ1n) is 7.32. The van der Waals surface area contributed by atoms with Gasteiger partial charge in [0.25, 0.3) is 0 Å². The quantitative estimate of drug-likeness (QED) is 0.403. The van der Waals surface area contributed by atoms with Crippen LogP contribution in [0.25, 0.3) is 0 Å². The number of aliphatic hydroxyl groups excluding tert-OH is 1. The van der Waals surface area contributed by atoms with Gasteiger partial charge in [0.2, 0.25) is 0 Å². The van der Waals surface area contributed by atoms with Crippen LogP contribution >= 0.6 is 35.3 Å². The molecular formula is C15H26IN3OS. The highest BCUT2D eigenvalue weighted by Crippen LogP contribution is 2.45. The summed E-state index contributed by atoms with van der Waals surface area (Å²) in [7, 11) is 2.08. The third kappa shape index (κ3) is 5.75. The summed E-state index contributed by atoms with van der Waals surface area (Å²) in [6, 6.07) is 4.27. The predicted molar refractivity (Wildman–Crippen MR) is 101 cm³/mol. The standard InChI is InChI=1S/C15H25N3OS.HI/c1-3-16-14(17-11-15(12-19)7-8-15)18(2)9-6-13-5-4-10-20-13;/h4-5,10,19H,3,6-9,11-12H2,1-2H3,(H,16,17);1H. The molecule has 1 saturated carbocycles. The maximum absolute atomic E-state index is 9.36. The second kappa shape index (κ2) is 8.95. The Kier molecular flexibility index (Phi) is 7.97. The van der Waals surface area contributed by atoms with E-state index in [-0.39, 0.29) is 36.0 Å². The van der Waals surface area contributed by atoms with Crippen molar-refractivity contribution in [2.45, 2.75) is 26.2 Å². The van der Waals surface area contributed by atoms with Gasteiger partial charge in [-0.3, -0.25) is 4.99 Å². The fourth-order valence-corrected chi connectivity index (χ4v) is 2.79. The first kappa shape index (κ1) is 18.7. The van der Waals surface area contributed by atoms with Gasteiger partial charge in [0.15, 0.2) is 5.96 Å². The van der Waals surface area contributed by atoms with Crippen LogP contribution in [0.3, 0.4) is 0 Å². The minimum atomic E-state index is 0. The van der Waals surface area contributed by atoms with Crippen molar-refractivity contribution in [1.29, 1.82) is 0 Å². The molecule has 0 bridgehead atoms. The van der Waals surface area contributed by atoms with Crippen molar-refractivity contribution < 1.29 is 5.11 Å². The third-order valence-corrected chi connectivity index (χ3v) is 4.76. The Morgan fingerprint density at radius 2 is 2.29 bits per heavy atom. The maximum Gasteiger partial charge on any atom is 0.193 e. The Morgan fingerprint density at radius 1 is 1.52 bits per heavy atom. The number of guanidine groups is 1. The van der Waals surface area contributed by atoms with E-state index in [4.69, 9.17) is 4.99 Å². The summed E-state index contributed by atoms with van der Waals surface area (Å²) in [5.41, 5.74) is 0.0786. The number of hydrogen-bond donors (Lipinski definition) is 2. The third-order valence-electron chi connectivity index (χ3n) is 3.83. The molecule has 0 saturated heterocycles. The lowest BCUT2D eigenvalue weighted by molar-refractivity contribution is 0.216. The zero-order valence-electron chi connectivity index (χ0n) is 12.8. The molecule has 120 valence electrons. The molecule has 1 fully saturated rings. The molecule has 1 heterocycles. The van der Waals surface area contributed by atoms with E-state index < -0.39 is 0 Å². The van der Waals surface area contributed by atoms with Crippen molar-refractivity contribution in [2.75, 3.05) is 33.3 Å². The summed E-state index contributed by atoms with van der Waals surface area (Å²) < 4.78 is 0. The summed E-state index contributed by atoms with van der Waals surface area (Å²) in [6.07, 6.45) is 3.25. The van der Waals surface area contributed by atoms with Crippen LogP contribution in [0.1, 0.15) is 24.6 Å². The molecule has 0 radical (unpaired) electrons. The van der Waals surface area contributed by atoms with Gasteiger partial charge in [0.05, 0.1) is 13.2 Å². The molecule has 0 amide bonds. The average molecular weight is 423 g/mol. The molecule has 2 rings (SSSR count). The number of aliphatic hydroxyl groups is 1. The second-order valence-electron chi connectivity index (χ2n) is 5.58. The van der Waals surface area contributed by atoms with Crippen LogP contribution in [0.4, 0.5) is 0 Å². The molecule has 0 aliphatic heterocycles. The molecule has 1 aromatic heterocycles. The number of nitrogens with zero attached hydrogens (tertiary/aromatic N) is 2. The van der Waals surface area contributed by atoms with Gasteiger partial charge >= 0.3 is 0 Å². The number of halogens is 1. The van der Waals surface area contributed by atoms with Crippen LogP contribution in [0.2, 0.25) is 0 Å². The van der Waals surface area contributed by atoms with E-state index in [1.165, 1.54) is 4.88 Å². The first-order valence-corrected chi connectivity index (χ1v) is 8.20. The minimum Gasteiger partial charge on any atom is -0.396 e. The van der Waals surface area contributed by atoms with E-state index in [9.17, 15) is 5.11 Å². The van der Waals surface area contributed by atoms with E-state index >= 15 is 0 Å². The van der Waals surface area contributed by atoms with E-state index in [0.717, 1.165) is 44.9 Å². The van der Waals surface area contributed by atoms with E-state index in [1.807, 2.05) is 0 Å². The number of thiophene rings is 1. The monoisotopic (exact) mass is 423 g/mol. The summed E-state index contributed by atoms with van der Waals surface area (Å²) >= 11 is 1.80. The highest BCUT2D eigenvalue weighted by molar-refractivity contribution is 14.0. The largest absolute Gasteiger partial charge is 0.396 e. The van der Waals surface area contributed by atoms with Gasteiger partial charge in [0.1, 0.15) is 0 Å². The molecular weight excluding hydrogens is 397 g/mol. The van der Waals surface area contributed by atoms with Crippen LogP contribution in [0, 0.1) is 5.41 Å². The van der Waals surface area contributed by atoms with Crippen molar-refractivity contribution in [3.05, 3.63) is 22.4 Å². The Balaban J connectivity index is 0.00000220. The minimum absolute atomic E-state index is 0. The zero-order chi connectivity index (χ0) is 14.4. The van der Waals surface area contributed by atoms with Crippen LogP contribution in [0.5, 0.6) is 0 Å². The Morgan fingerprint density at radius 3 is 2.81 bits per heavy atom.